The van der Waals surface area contributed by atoms with Gasteiger partial charge in [0, 0.05) is 18.6 Å². The summed E-state index contributed by atoms with van der Waals surface area (Å²) in [6.07, 6.45) is 5.21. The Kier molecular flexibility index (Phi) is 4.90. The third-order valence-corrected chi connectivity index (χ3v) is 3.77. The van der Waals surface area contributed by atoms with E-state index in [1.165, 1.54) is 32.2 Å². The molecule has 1 fully saturated rings. The first-order valence-corrected chi connectivity index (χ1v) is 6.18. The molecule has 0 aromatic carbocycles. The maximum atomic E-state index is 5.77. The second-order valence-corrected chi connectivity index (χ2v) is 4.70. The summed E-state index contributed by atoms with van der Waals surface area (Å²) in [5.41, 5.74) is 5.77. The Morgan fingerprint density at radius 3 is 2.43 bits per heavy atom. The molecular formula is C12H26N2. The second-order valence-electron chi connectivity index (χ2n) is 4.70. The Morgan fingerprint density at radius 2 is 1.93 bits per heavy atom. The number of hydrogen-bond donors (Lipinski definition) is 1. The summed E-state index contributed by atoms with van der Waals surface area (Å²) in [6.45, 7) is 9.05. The van der Waals surface area contributed by atoms with Gasteiger partial charge in [0.15, 0.2) is 0 Å². The van der Waals surface area contributed by atoms with Gasteiger partial charge >= 0.3 is 0 Å². The van der Waals surface area contributed by atoms with Gasteiger partial charge in [-0.15, -0.1) is 0 Å². The molecule has 84 valence electrons. The molecule has 0 aromatic heterocycles. The molecule has 1 heterocycles. The fourth-order valence-corrected chi connectivity index (χ4v) is 2.67. The summed E-state index contributed by atoms with van der Waals surface area (Å²) >= 11 is 0. The van der Waals surface area contributed by atoms with Crippen LogP contribution in [-0.4, -0.2) is 30.1 Å². The molecule has 2 heteroatoms. The average Bonchev–Trinajstić information content (AvgIpc) is 2.22. The van der Waals surface area contributed by atoms with E-state index in [1.807, 2.05) is 0 Å². The Hall–Kier alpha value is -0.0800. The molecule has 0 spiro atoms. The summed E-state index contributed by atoms with van der Waals surface area (Å²) in [6, 6.07) is 1.54. The minimum atomic E-state index is 0.742. The molecule has 1 rings (SSSR count). The van der Waals surface area contributed by atoms with Crippen molar-refractivity contribution in [1.29, 1.82) is 0 Å². The minimum absolute atomic E-state index is 0.742. The monoisotopic (exact) mass is 198 g/mol. The summed E-state index contributed by atoms with van der Waals surface area (Å²) in [4.78, 5) is 2.68. The van der Waals surface area contributed by atoms with Crippen LogP contribution in [0.3, 0.4) is 0 Å². The molecule has 1 aliphatic rings. The van der Waals surface area contributed by atoms with E-state index in [0.717, 1.165) is 24.5 Å². The van der Waals surface area contributed by atoms with Crippen LogP contribution in [0.1, 0.15) is 46.5 Å². The highest BCUT2D eigenvalue weighted by atomic mass is 15.2. The number of nitrogens with zero attached hydrogens (tertiary/aromatic N) is 1. The van der Waals surface area contributed by atoms with E-state index in [0.29, 0.717) is 0 Å². The fourth-order valence-electron chi connectivity index (χ4n) is 2.67. The number of hydrogen-bond acceptors (Lipinski definition) is 2. The first-order chi connectivity index (χ1) is 6.72. The maximum Gasteiger partial charge on any atom is 0.00929 e. The van der Waals surface area contributed by atoms with Gasteiger partial charge in [-0.2, -0.15) is 0 Å². The van der Waals surface area contributed by atoms with Crippen molar-refractivity contribution < 1.29 is 0 Å². The van der Waals surface area contributed by atoms with Crippen LogP contribution in [0.4, 0.5) is 0 Å². The van der Waals surface area contributed by atoms with E-state index in [-0.39, 0.29) is 0 Å². The van der Waals surface area contributed by atoms with Gasteiger partial charge in [-0.05, 0) is 45.1 Å². The number of likely N-dealkylation sites (tertiary alicyclic amines) is 1. The molecule has 14 heavy (non-hydrogen) atoms. The quantitative estimate of drug-likeness (QED) is 0.750. The van der Waals surface area contributed by atoms with Crippen LogP contribution in [0.15, 0.2) is 0 Å². The average molecular weight is 198 g/mol. The highest BCUT2D eigenvalue weighted by molar-refractivity contribution is 4.83. The molecule has 2 unspecified atom stereocenters. The maximum absolute atomic E-state index is 5.77. The molecular weight excluding hydrogens is 172 g/mol. The van der Waals surface area contributed by atoms with Gasteiger partial charge in [-0.1, -0.05) is 13.8 Å². The summed E-state index contributed by atoms with van der Waals surface area (Å²) in [5, 5.41) is 0. The first-order valence-electron chi connectivity index (χ1n) is 6.18. The number of rotatable bonds is 4. The summed E-state index contributed by atoms with van der Waals surface area (Å²) in [7, 11) is 0. The predicted molar refractivity (Wildman–Crippen MR) is 62.3 cm³/mol. The highest BCUT2D eigenvalue weighted by Crippen LogP contribution is 2.25. The van der Waals surface area contributed by atoms with Crippen molar-refractivity contribution in [2.45, 2.75) is 58.5 Å². The molecule has 2 nitrogen and oxygen atoms in total. The molecule has 0 saturated carbocycles. The van der Waals surface area contributed by atoms with E-state index in [4.69, 9.17) is 5.73 Å². The van der Waals surface area contributed by atoms with Gasteiger partial charge < -0.3 is 5.73 Å². The van der Waals surface area contributed by atoms with Crippen LogP contribution in [0, 0.1) is 5.92 Å². The van der Waals surface area contributed by atoms with Crippen LogP contribution in [0.25, 0.3) is 0 Å². The van der Waals surface area contributed by atoms with E-state index in [1.54, 1.807) is 0 Å². The van der Waals surface area contributed by atoms with Crippen molar-refractivity contribution in [3.63, 3.8) is 0 Å². The molecule has 2 atom stereocenters. The van der Waals surface area contributed by atoms with Crippen molar-refractivity contribution in [1.82, 2.24) is 4.90 Å². The van der Waals surface area contributed by atoms with Crippen LogP contribution < -0.4 is 5.73 Å². The highest BCUT2D eigenvalue weighted by Gasteiger charge is 2.28. The Balaban J connectivity index is 2.54. The third-order valence-electron chi connectivity index (χ3n) is 3.77. The van der Waals surface area contributed by atoms with Crippen LogP contribution in [0.5, 0.6) is 0 Å². The molecule has 0 bridgehead atoms. The number of piperidine rings is 1. The van der Waals surface area contributed by atoms with E-state index >= 15 is 0 Å². The lowest BCUT2D eigenvalue weighted by molar-refractivity contribution is 0.0697. The SMILES string of the molecule is CCC(CC)N1CC(CN)CCC1C. The van der Waals surface area contributed by atoms with Crippen molar-refractivity contribution in [3.05, 3.63) is 0 Å². The largest absolute Gasteiger partial charge is 0.330 e. The van der Waals surface area contributed by atoms with E-state index in [9.17, 15) is 0 Å². The fraction of sp³-hybridized carbons (Fsp3) is 1.00. The van der Waals surface area contributed by atoms with Gasteiger partial charge in [0.25, 0.3) is 0 Å². The van der Waals surface area contributed by atoms with Gasteiger partial charge in [-0.25, -0.2) is 0 Å². The zero-order valence-corrected chi connectivity index (χ0v) is 10.00. The smallest absolute Gasteiger partial charge is 0.00929 e. The zero-order valence-electron chi connectivity index (χ0n) is 10.00. The predicted octanol–water partition coefficient (Wildman–Crippen LogP) is 2.23. The topological polar surface area (TPSA) is 29.3 Å². The lowest BCUT2D eigenvalue weighted by Gasteiger charge is -2.42. The molecule has 2 N–H and O–H groups in total. The standard InChI is InChI=1S/C12H26N2/c1-4-12(5-2)14-9-11(8-13)7-6-10(14)3/h10-12H,4-9,13H2,1-3H3. The van der Waals surface area contributed by atoms with Gasteiger partial charge in [0.05, 0.1) is 0 Å². The van der Waals surface area contributed by atoms with Crippen molar-refractivity contribution >= 4 is 0 Å². The molecule has 0 aromatic rings. The molecule has 1 aliphatic heterocycles. The van der Waals surface area contributed by atoms with Crippen molar-refractivity contribution in [2.75, 3.05) is 13.1 Å². The van der Waals surface area contributed by atoms with E-state index in [2.05, 4.69) is 25.7 Å². The minimum Gasteiger partial charge on any atom is -0.330 e. The van der Waals surface area contributed by atoms with Gasteiger partial charge in [0.1, 0.15) is 0 Å². The Morgan fingerprint density at radius 1 is 1.29 bits per heavy atom. The Bertz CT molecular complexity index is 154. The zero-order chi connectivity index (χ0) is 10.6. The van der Waals surface area contributed by atoms with Gasteiger partial charge in [0.2, 0.25) is 0 Å². The van der Waals surface area contributed by atoms with Crippen molar-refractivity contribution in [2.24, 2.45) is 11.7 Å². The first kappa shape index (κ1) is 12.0. The lowest BCUT2D eigenvalue weighted by Crippen LogP contribution is -2.48. The normalized spacial score (nSPS) is 29.8. The van der Waals surface area contributed by atoms with Crippen LogP contribution >= 0.6 is 0 Å². The van der Waals surface area contributed by atoms with E-state index < -0.39 is 0 Å². The molecule has 1 saturated heterocycles. The van der Waals surface area contributed by atoms with Crippen LogP contribution in [-0.2, 0) is 0 Å². The van der Waals surface area contributed by atoms with Gasteiger partial charge in [-0.3, -0.25) is 4.90 Å². The van der Waals surface area contributed by atoms with Crippen LogP contribution in [0.2, 0.25) is 0 Å². The number of nitrogens with two attached hydrogens (primary N) is 1. The molecule has 0 radical (unpaired) electrons. The Labute approximate surface area is 88.8 Å². The second kappa shape index (κ2) is 5.72. The molecule has 0 amide bonds. The molecule has 0 aliphatic carbocycles. The summed E-state index contributed by atoms with van der Waals surface area (Å²) < 4.78 is 0. The lowest BCUT2D eigenvalue weighted by atomic mass is 9.91. The summed E-state index contributed by atoms with van der Waals surface area (Å²) in [5.74, 6) is 0.742. The third kappa shape index (κ3) is 2.71. The van der Waals surface area contributed by atoms with Crippen molar-refractivity contribution in [3.8, 4) is 0 Å².